The Morgan fingerprint density at radius 2 is 1.91 bits per heavy atom. The van der Waals surface area contributed by atoms with Gasteiger partial charge in [-0.1, -0.05) is 0 Å². The summed E-state index contributed by atoms with van der Waals surface area (Å²) in [5, 5.41) is 0. The van der Waals surface area contributed by atoms with Gasteiger partial charge in [0.15, 0.2) is 0 Å². The third kappa shape index (κ3) is 2.46. The zero-order valence-corrected chi connectivity index (χ0v) is 13.8. The van der Waals surface area contributed by atoms with Gasteiger partial charge in [-0.15, -0.1) is 0 Å². The summed E-state index contributed by atoms with van der Waals surface area (Å²) >= 11 is 0. The maximum Gasteiger partial charge on any atom is 0.410 e. The first-order chi connectivity index (χ1) is 10.9. The number of carbonyl (C=O) groups excluding carboxylic acids is 1. The van der Waals surface area contributed by atoms with Crippen molar-refractivity contribution in [2.45, 2.75) is 63.8 Å². The minimum absolute atomic E-state index is 0.170. The van der Waals surface area contributed by atoms with Crippen LogP contribution in [0.4, 0.5) is 4.79 Å². The fraction of sp³-hybridized carbons (Fsp3) is 0.588. The second-order valence-corrected chi connectivity index (χ2v) is 7.57. The molecule has 2 unspecified atom stereocenters. The molecule has 2 aliphatic heterocycles. The monoisotopic (exact) mass is 314 g/mol. The van der Waals surface area contributed by atoms with Gasteiger partial charge in [0.1, 0.15) is 11.1 Å². The third-order valence-corrected chi connectivity index (χ3v) is 4.79. The zero-order chi connectivity index (χ0) is 16.2. The van der Waals surface area contributed by atoms with Crippen molar-refractivity contribution in [3.05, 3.63) is 24.8 Å². The molecule has 23 heavy (non-hydrogen) atoms. The van der Waals surface area contributed by atoms with Crippen LogP contribution in [0.5, 0.6) is 0 Å². The van der Waals surface area contributed by atoms with E-state index in [-0.39, 0.29) is 18.2 Å². The van der Waals surface area contributed by atoms with Crippen molar-refractivity contribution in [1.82, 2.24) is 19.4 Å². The maximum absolute atomic E-state index is 12.3. The van der Waals surface area contributed by atoms with E-state index in [0.717, 1.165) is 30.3 Å². The van der Waals surface area contributed by atoms with Crippen molar-refractivity contribution in [2.24, 2.45) is 0 Å². The number of imidazole rings is 1. The summed E-state index contributed by atoms with van der Waals surface area (Å²) in [6.45, 7) is 5.73. The second-order valence-electron chi connectivity index (χ2n) is 7.57. The molecule has 6 heteroatoms. The Morgan fingerprint density at radius 1 is 1.22 bits per heavy atom. The average molecular weight is 314 g/mol. The van der Waals surface area contributed by atoms with Crippen molar-refractivity contribution >= 4 is 17.1 Å². The molecule has 2 bridgehead atoms. The Hall–Kier alpha value is -2.11. The molecule has 5 rings (SSSR count). The van der Waals surface area contributed by atoms with Crippen LogP contribution in [0.2, 0.25) is 0 Å². The highest BCUT2D eigenvalue weighted by atomic mass is 16.6. The van der Waals surface area contributed by atoms with Crippen molar-refractivity contribution in [3.63, 3.8) is 0 Å². The van der Waals surface area contributed by atoms with Gasteiger partial charge in [-0.05, 0) is 46.1 Å². The summed E-state index contributed by atoms with van der Waals surface area (Å²) < 4.78 is 7.77. The van der Waals surface area contributed by atoms with Gasteiger partial charge in [-0.25, -0.2) is 9.78 Å². The van der Waals surface area contributed by atoms with Crippen LogP contribution in [0.15, 0.2) is 24.8 Å². The minimum Gasteiger partial charge on any atom is -0.444 e. The van der Waals surface area contributed by atoms with Gasteiger partial charge in [0.25, 0.3) is 0 Å². The van der Waals surface area contributed by atoms with E-state index in [2.05, 4.69) is 14.5 Å². The smallest absolute Gasteiger partial charge is 0.410 e. The maximum atomic E-state index is 12.3. The molecule has 1 saturated carbocycles. The van der Waals surface area contributed by atoms with E-state index in [1.165, 1.54) is 0 Å². The van der Waals surface area contributed by atoms with Gasteiger partial charge in [-0.3, -0.25) is 4.98 Å². The number of pyridine rings is 1. The van der Waals surface area contributed by atoms with Crippen LogP contribution >= 0.6 is 0 Å². The first-order valence-electron chi connectivity index (χ1n) is 8.20. The summed E-state index contributed by atoms with van der Waals surface area (Å²) in [4.78, 5) is 22.8. The van der Waals surface area contributed by atoms with E-state index >= 15 is 0 Å². The number of hydrogen-bond donors (Lipinski definition) is 0. The van der Waals surface area contributed by atoms with Gasteiger partial charge in [0, 0.05) is 24.3 Å². The Balaban J connectivity index is 1.50. The van der Waals surface area contributed by atoms with Gasteiger partial charge in [0.05, 0.1) is 18.0 Å². The highest BCUT2D eigenvalue weighted by molar-refractivity contribution is 5.74. The summed E-state index contributed by atoms with van der Waals surface area (Å²) in [6.07, 6.45) is 8.34. The molecule has 1 amide bonds. The highest BCUT2D eigenvalue weighted by Crippen LogP contribution is 2.44. The van der Waals surface area contributed by atoms with E-state index in [9.17, 15) is 4.79 Å². The first-order valence-corrected chi connectivity index (χ1v) is 8.20. The fourth-order valence-electron chi connectivity index (χ4n) is 3.86. The average Bonchev–Trinajstić information content (AvgIpc) is 2.89. The lowest BCUT2D eigenvalue weighted by molar-refractivity contribution is -0.0627. The van der Waals surface area contributed by atoms with Crippen molar-refractivity contribution in [1.29, 1.82) is 0 Å². The SMILES string of the molecule is CC(C)(C)OC(=O)N1C2CC(n3cnc4cnccc43)C[C@H]1C2. The summed E-state index contributed by atoms with van der Waals surface area (Å²) in [5.41, 5.74) is 1.61. The van der Waals surface area contributed by atoms with E-state index in [4.69, 9.17) is 4.74 Å². The largest absolute Gasteiger partial charge is 0.444 e. The number of carbonyl (C=O) groups is 1. The summed E-state index contributed by atoms with van der Waals surface area (Å²) in [6, 6.07) is 2.97. The van der Waals surface area contributed by atoms with Gasteiger partial charge in [0.2, 0.25) is 0 Å². The molecule has 0 N–H and O–H groups in total. The normalized spacial score (nSPS) is 26.9. The molecule has 2 aromatic rings. The number of ether oxygens (including phenoxy) is 1. The first kappa shape index (κ1) is 14.5. The lowest BCUT2D eigenvalue weighted by Crippen LogP contribution is -2.63. The van der Waals surface area contributed by atoms with Crippen LogP contribution in [0.1, 0.15) is 46.1 Å². The van der Waals surface area contributed by atoms with E-state index in [0.29, 0.717) is 6.04 Å². The molecule has 2 saturated heterocycles. The number of rotatable bonds is 1. The molecule has 122 valence electrons. The molecular weight excluding hydrogens is 292 g/mol. The number of aromatic nitrogens is 3. The number of piperidine rings is 1. The van der Waals surface area contributed by atoms with Crippen molar-refractivity contribution in [3.8, 4) is 0 Å². The highest BCUT2D eigenvalue weighted by Gasteiger charge is 2.49. The van der Waals surface area contributed by atoms with E-state index in [1.54, 1.807) is 12.4 Å². The molecule has 2 aromatic heterocycles. The van der Waals surface area contributed by atoms with Crippen LogP contribution in [0.25, 0.3) is 11.0 Å². The standard InChI is InChI=1S/C17H22N4O2/c1-17(2,3)23-16(22)21-12-6-11(7-13(21)8-12)20-10-19-14-9-18-5-4-15(14)20/h4-5,9-13H,6-8H2,1-3H3/t11?,12-,13?/m0/s1. The van der Waals surface area contributed by atoms with Crippen molar-refractivity contribution in [2.75, 3.05) is 0 Å². The molecule has 6 nitrogen and oxygen atoms in total. The quantitative estimate of drug-likeness (QED) is 0.811. The Morgan fingerprint density at radius 3 is 2.61 bits per heavy atom. The number of amides is 1. The molecule has 0 aromatic carbocycles. The molecule has 3 aliphatic rings. The summed E-state index contributed by atoms with van der Waals surface area (Å²) in [7, 11) is 0. The Labute approximate surface area is 135 Å². The molecule has 1 aliphatic carbocycles. The number of nitrogens with zero attached hydrogens (tertiary/aromatic N) is 4. The van der Waals surface area contributed by atoms with Gasteiger partial charge >= 0.3 is 6.09 Å². The molecule has 0 radical (unpaired) electrons. The predicted octanol–water partition coefficient (Wildman–Crippen LogP) is 3.14. The molecular formula is C17H22N4O2. The van der Waals surface area contributed by atoms with Crippen LogP contribution in [-0.2, 0) is 4.74 Å². The lowest BCUT2D eigenvalue weighted by atomic mass is 9.77. The fourth-order valence-corrected chi connectivity index (χ4v) is 3.86. The van der Waals surface area contributed by atoms with E-state index in [1.807, 2.05) is 38.1 Å². The zero-order valence-electron chi connectivity index (χ0n) is 13.8. The number of hydrogen-bond acceptors (Lipinski definition) is 4. The Bertz CT molecular complexity index is 736. The van der Waals surface area contributed by atoms with Gasteiger partial charge < -0.3 is 14.2 Å². The third-order valence-electron chi connectivity index (χ3n) is 4.79. The van der Waals surface area contributed by atoms with Crippen LogP contribution in [0, 0.1) is 0 Å². The van der Waals surface area contributed by atoms with Crippen LogP contribution in [0.3, 0.4) is 0 Å². The van der Waals surface area contributed by atoms with E-state index < -0.39 is 5.60 Å². The molecule has 3 atom stereocenters. The molecule has 3 fully saturated rings. The molecule has 0 spiro atoms. The van der Waals surface area contributed by atoms with Crippen LogP contribution < -0.4 is 0 Å². The minimum atomic E-state index is -0.437. The Kier molecular flexibility index (Phi) is 3.11. The van der Waals surface area contributed by atoms with Crippen LogP contribution in [-0.4, -0.2) is 43.2 Å². The predicted molar refractivity (Wildman–Crippen MR) is 86.1 cm³/mol. The summed E-state index contributed by atoms with van der Waals surface area (Å²) in [5.74, 6) is 0. The van der Waals surface area contributed by atoms with Crippen molar-refractivity contribution < 1.29 is 9.53 Å². The topological polar surface area (TPSA) is 60.2 Å². The van der Waals surface area contributed by atoms with Gasteiger partial charge in [-0.2, -0.15) is 0 Å². The molecule has 4 heterocycles. The number of fused-ring (bicyclic) bond motifs is 3. The second kappa shape index (κ2) is 4.94. The lowest BCUT2D eigenvalue weighted by Gasteiger charge is -2.55.